The summed E-state index contributed by atoms with van der Waals surface area (Å²) in [6.07, 6.45) is 0. The molecular weight excluding hydrogens is 272 g/mol. The van der Waals surface area contributed by atoms with Crippen LogP contribution in [0.5, 0.6) is 6.01 Å². The predicted octanol–water partition coefficient (Wildman–Crippen LogP) is -0.432. The maximum Gasteiger partial charge on any atom is 0.300 e. The molecule has 2 aromatic heterocycles. The van der Waals surface area contributed by atoms with Gasteiger partial charge >= 0.3 is 6.01 Å². The van der Waals surface area contributed by atoms with Crippen molar-refractivity contribution in [3.05, 3.63) is 10.4 Å². The summed E-state index contributed by atoms with van der Waals surface area (Å²) in [6, 6.07) is 0.278. The number of nitrogens with one attached hydrogen (secondary N) is 1. The lowest BCUT2D eigenvalue weighted by molar-refractivity contribution is 0.359. The molecule has 0 radical (unpaired) electrons. The Morgan fingerprint density at radius 1 is 1.29 bits per heavy atom. The summed E-state index contributed by atoms with van der Waals surface area (Å²) < 4.78 is 8.50. The second-order valence-corrected chi connectivity index (χ2v) is 5.03. The van der Waals surface area contributed by atoms with Crippen molar-refractivity contribution in [3.8, 4) is 6.01 Å². The number of imidazole rings is 1. The number of piperazine rings is 1. The predicted molar refractivity (Wildman–Crippen MR) is 80.1 cm³/mol. The summed E-state index contributed by atoms with van der Waals surface area (Å²) in [5, 5.41) is 3.31. The number of hydrogen-bond donors (Lipinski definition) is 1. The fraction of sp³-hybridized carbons (Fsp3) is 0.615. The van der Waals surface area contributed by atoms with Crippen molar-refractivity contribution >= 4 is 17.1 Å². The van der Waals surface area contributed by atoms with Gasteiger partial charge in [-0.3, -0.25) is 9.36 Å². The largest absolute Gasteiger partial charge is 0.468 e. The van der Waals surface area contributed by atoms with Gasteiger partial charge in [0.2, 0.25) is 5.95 Å². The number of anilines is 1. The van der Waals surface area contributed by atoms with Crippen molar-refractivity contribution in [1.29, 1.82) is 0 Å². The van der Waals surface area contributed by atoms with E-state index in [1.54, 1.807) is 7.05 Å². The van der Waals surface area contributed by atoms with Gasteiger partial charge in [0.25, 0.3) is 5.56 Å². The number of aryl methyl sites for hydroxylation is 1. The van der Waals surface area contributed by atoms with Crippen molar-refractivity contribution in [2.45, 2.75) is 13.5 Å². The third-order valence-electron chi connectivity index (χ3n) is 3.82. The molecule has 0 saturated carbocycles. The maximum atomic E-state index is 12.5. The number of nitrogens with zero attached hydrogens (tertiary/aromatic N) is 5. The molecule has 1 N–H and O–H groups in total. The Morgan fingerprint density at radius 2 is 2.00 bits per heavy atom. The lowest BCUT2D eigenvalue weighted by Gasteiger charge is -2.28. The highest BCUT2D eigenvalue weighted by atomic mass is 16.5. The number of methoxy groups -OCH3 is 1. The van der Waals surface area contributed by atoms with Crippen LogP contribution in [0.2, 0.25) is 0 Å². The van der Waals surface area contributed by atoms with Crippen LogP contribution in [0.4, 0.5) is 5.95 Å². The Morgan fingerprint density at radius 3 is 2.62 bits per heavy atom. The molecule has 0 amide bonds. The summed E-state index contributed by atoms with van der Waals surface area (Å²) in [5.41, 5.74) is 0.854. The Balaban J connectivity index is 2.22. The fourth-order valence-electron chi connectivity index (χ4n) is 2.72. The zero-order valence-corrected chi connectivity index (χ0v) is 12.6. The van der Waals surface area contributed by atoms with Gasteiger partial charge in [0.15, 0.2) is 11.2 Å². The highest BCUT2D eigenvalue weighted by Gasteiger charge is 2.22. The number of aromatic nitrogens is 4. The molecule has 0 atom stereocenters. The van der Waals surface area contributed by atoms with E-state index < -0.39 is 0 Å². The van der Waals surface area contributed by atoms with E-state index in [1.807, 2.05) is 11.5 Å². The molecule has 21 heavy (non-hydrogen) atoms. The van der Waals surface area contributed by atoms with E-state index in [-0.39, 0.29) is 11.6 Å². The standard InChI is InChI=1S/C13H20N6O2/c1-4-19-9-10(16-13(21-3)17(2)11(9)20)15-12(19)18-7-5-14-6-8-18/h14H,4-8H2,1-3H3. The van der Waals surface area contributed by atoms with E-state index in [4.69, 9.17) is 4.74 Å². The molecule has 1 aliphatic heterocycles. The molecule has 3 heterocycles. The maximum absolute atomic E-state index is 12.5. The van der Waals surface area contributed by atoms with Crippen LogP contribution in [-0.4, -0.2) is 52.4 Å². The Labute approximate surface area is 122 Å². The first-order chi connectivity index (χ1) is 10.2. The number of fused-ring (bicyclic) bond motifs is 1. The second kappa shape index (κ2) is 5.36. The van der Waals surface area contributed by atoms with E-state index in [0.29, 0.717) is 17.7 Å². The van der Waals surface area contributed by atoms with Crippen LogP contribution in [-0.2, 0) is 13.6 Å². The van der Waals surface area contributed by atoms with Crippen molar-refractivity contribution in [2.24, 2.45) is 7.05 Å². The molecule has 0 unspecified atom stereocenters. The average Bonchev–Trinajstić information content (AvgIpc) is 2.90. The van der Waals surface area contributed by atoms with E-state index in [9.17, 15) is 4.79 Å². The van der Waals surface area contributed by atoms with Crippen LogP contribution < -0.4 is 20.5 Å². The minimum atomic E-state index is -0.132. The van der Waals surface area contributed by atoms with Gasteiger partial charge in [-0.25, -0.2) is 0 Å². The van der Waals surface area contributed by atoms with Gasteiger partial charge in [0, 0.05) is 39.8 Å². The quantitative estimate of drug-likeness (QED) is 0.827. The Hall–Kier alpha value is -2.09. The third kappa shape index (κ3) is 2.15. The van der Waals surface area contributed by atoms with Crippen LogP contribution >= 0.6 is 0 Å². The molecular formula is C13H20N6O2. The molecule has 8 nitrogen and oxygen atoms in total. The lowest BCUT2D eigenvalue weighted by Crippen LogP contribution is -2.44. The van der Waals surface area contributed by atoms with E-state index in [2.05, 4.69) is 20.2 Å². The molecule has 0 spiro atoms. The zero-order chi connectivity index (χ0) is 15.0. The summed E-state index contributed by atoms with van der Waals surface area (Å²) >= 11 is 0. The number of ether oxygens (including phenoxy) is 1. The van der Waals surface area contributed by atoms with Gasteiger partial charge in [-0.05, 0) is 6.92 Å². The molecule has 0 aromatic carbocycles. The Bertz CT molecular complexity index is 714. The molecule has 1 fully saturated rings. The molecule has 8 heteroatoms. The van der Waals surface area contributed by atoms with Gasteiger partial charge in [-0.2, -0.15) is 9.97 Å². The van der Waals surface area contributed by atoms with Crippen molar-refractivity contribution in [1.82, 2.24) is 24.4 Å². The minimum Gasteiger partial charge on any atom is -0.468 e. The van der Waals surface area contributed by atoms with Crippen molar-refractivity contribution in [3.63, 3.8) is 0 Å². The first kappa shape index (κ1) is 13.9. The van der Waals surface area contributed by atoms with Crippen LogP contribution in [0.25, 0.3) is 11.2 Å². The van der Waals surface area contributed by atoms with Gasteiger partial charge in [-0.1, -0.05) is 0 Å². The monoisotopic (exact) mass is 292 g/mol. The van der Waals surface area contributed by atoms with E-state index >= 15 is 0 Å². The smallest absolute Gasteiger partial charge is 0.300 e. The SMILES string of the molecule is CCn1c(N2CCNCC2)nc2nc(OC)n(C)c(=O)c21. The molecule has 0 bridgehead atoms. The van der Waals surface area contributed by atoms with Crippen LogP contribution in [0.3, 0.4) is 0 Å². The summed E-state index contributed by atoms with van der Waals surface area (Å²) in [7, 11) is 3.16. The van der Waals surface area contributed by atoms with E-state index in [0.717, 1.165) is 32.1 Å². The van der Waals surface area contributed by atoms with Gasteiger partial charge in [0.05, 0.1) is 7.11 Å². The summed E-state index contributed by atoms with van der Waals surface area (Å²) in [5.74, 6) is 0.812. The van der Waals surface area contributed by atoms with Crippen LogP contribution in [0.15, 0.2) is 4.79 Å². The molecule has 2 aromatic rings. The van der Waals surface area contributed by atoms with Crippen LogP contribution in [0.1, 0.15) is 6.92 Å². The fourth-order valence-corrected chi connectivity index (χ4v) is 2.72. The van der Waals surface area contributed by atoms with Gasteiger partial charge in [0.1, 0.15) is 0 Å². The second-order valence-electron chi connectivity index (χ2n) is 5.03. The Kier molecular flexibility index (Phi) is 3.54. The normalized spacial score (nSPS) is 15.7. The highest BCUT2D eigenvalue weighted by molar-refractivity contribution is 5.74. The van der Waals surface area contributed by atoms with Gasteiger partial charge < -0.3 is 19.5 Å². The molecule has 114 valence electrons. The highest BCUT2D eigenvalue weighted by Crippen LogP contribution is 2.21. The van der Waals surface area contributed by atoms with Gasteiger partial charge in [-0.15, -0.1) is 0 Å². The van der Waals surface area contributed by atoms with Crippen LogP contribution in [0, 0.1) is 0 Å². The van der Waals surface area contributed by atoms with Crippen molar-refractivity contribution < 1.29 is 4.74 Å². The minimum absolute atomic E-state index is 0.132. The van der Waals surface area contributed by atoms with Crippen molar-refractivity contribution in [2.75, 3.05) is 38.2 Å². The molecule has 1 saturated heterocycles. The molecule has 1 aliphatic rings. The zero-order valence-electron chi connectivity index (χ0n) is 12.6. The molecule has 0 aliphatic carbocycles. The lowest BCUT2D eigenvalue weighted by atomic mass is 10.4. The topological polar surface area (TPSA) is 77.2 Å². The first-order valence-corrected chi connectivity index (χ1v) is 7.14. The summed E-state index contributed by atoms with van der Waals surface area (Å²) in [4.78, 5) is 23.6. The first-order valence-electron chi connectivity index (χ1n) is 7.14. The average molecular weight is 292 g/mol. The number of hydrogen-bond acceptors (Lipinski definition) is 6. The molecule has 3 rings (SSSR count). The summed E-state index contributed by atoms with van der Waals surface area (Å²) in [6.45, 7) is 6.28. The number of rotatable bonds is 3. The van der Waals surface area contributed by atoms with E-state index in [1.165, 1.54) is 11.7 Å². The third-order valence-corrected chi connectivity index (χ3v) is 3.82.